The molecule has 0 saturated carbocycles. The van der Waals surface area contributed by atoms with E-state index in [1.165, 1.54) is 11.3 Å². The summed E-state index contributed by atoms with van der Waals surface area (Å²) in [6.45, 7) is 3.98. The van der Waals surface area contributed by atoms with Gasteiger partial charge in [0.05, 0.1) is 16.4 Å². The number of carbonyl (C=O) groups excluding carboxylic acids is 1. The van der Waals surface area contributed by atoms with Gasteiger partial charge in [-0.1, -0.05) is 11.8 Å². The van der Waals surface area contributed by atoms with Crippen molar-refractivity contribution >= 4 is 17.2 Å². The lowest BCUT2D eigenvalue weighted by atomic mass is 10.2. The fourth-order valence-corrected chi connectivity index (χ4v) is 3.18. The molecule has 1 atom stereocenters. The van der Waals surface area contributed by atoms with Crippen molar-refractivity contribution in [3.63, 3.8) is 0 Å². The third kappa shape index (κ3) is 3.83. The second-order valence-electron chi connectivity index (χ2n) is 5.12. The lowest BCUT2D eigenvalue weighted by molar-refractivity contribution is 0.0942. The molecule has 1 saturated heterocycles. The minimum absolute atomic E-state index is 0.00592. The largest absolute Gasteiger partial charge is 0.395 e. The smallest absolute Gasteiger partial charge is 0.261 e. The number of rotatable bonds is 3. The first-order chi connectivity index (χ1) is 9.60. The number of hydrogen-bond donors (Lipinski definition) is 2. The summed E-state index contributed by atoms with van der Waals surface area (Å²) in [6.07, 6.45) is 1.48. The van der Waals surface area contributed by atoms with Gasteiger partial charge in [-0.3, -0.25) is 4.79 Å². The molecule has 0 bridgehead atoms. The molecular weight excluding hydrogens is 272 g/mol. The Morgan fingerprint density at radius 2 is 2.45 bits per heavy atom. The third-order valence-electron chi connectivity index (χ3n) is 3.31. The quantitative estimate of drug-likeness (QED) is 0.824. The Bertz CT molecular complexity index is 542. The molecule has 0 aliphatic carbocycles. The van der Waals surface area contributed by atoms with Gasteiger partial charge in [0.15, 0.2) is 0 Å². The molecule has 0 radical (unpaired) electrons. The number of thiophene rings is 1. The molecule has 5 heteroatoms. The summed E-state index contributed by atoms with van der Waals surface area (Å²) in [5, 5.41) is 11.8. The van der Waals surface area contributed by atoms with Gasteiger partial charge in [0, 0.05) is 19.0 Å². The molecule has 2 heterocycles. The van der Waals surface area contributed by atoms with E-state index in [4.69, 9.17) is 5.11 Å². The number of amides is 1. The summed E-state index contributed by atoms with van der Waals surface area (Å²) in [5.41, 5.74) is 1.02. The molecule has 20 heavy (non-hydrogen) atoms. The first-order valence-corrected chi connectivity index (χ1v) is 7.61. The fraction of sp³-hybridized carbons (Fsp3) is 0.533. The van der Waals surface area contributed by atoms with E-state index < -0.39 is 0 Å². The molecule has 1 aliphatic heterocycles. The Morgan fingerprint density at radius 3 is 3.10 bits per heavy atom. The van der Waals surface area contributed by atoms with E-state index >= 15 is 0 Å². The molecule has 0 spiro atoms. The molecule has 4 nitrogen and oxygen atoms in total. The van der Waals surface area contributed by atoms with Crippen LogP contribution in [0.15, 0.2) is 6.07 Å². The zero-order valence-electron chi connectivity index (χ0n) is 11.9. The van der Waals surface area contributed by atoms with E-state index in [1.54, 1.807) is 0 Å². The number of carbonyl (C=O) groups is 1. The molecule has 1 aromatic rings. The van der Waals surface area contributed by atoms with Gasteiger partial charge in [0.1, 0.15) is 0 Å². The van der Waals surface area contributed by atoms with Crippen LogP contribution in [-0.4, -0.2) is 48.7 Å². The van der Waals surface area contributed by atoms with Gasteiger partial charge in [0.2, 0.25) is 0 Å². The first kappa shape index (κ1) is 15.0. The van der Waals surface area contributed by atoms with E-state index in [2.05, 4.69) is 29.1 Å². The number of likely N-dealkylation sites (tertiary alicyclic amines) is 1. The van der Waals surface area contributed by atoms with Crippen molar-refractivity contribution in [2.24, 2.45) is 0 Å². The highest BCUT2D eigenvalue weighted by molar-refractivity contribution is 7.14. The molecule has 2 rings (SSSR count). The highest BCUT2D eigenvalue weighted by atomic mass is 32.1. The van der Waals surface area contributed by atoms with Crippen LogP contribution < -0.4 is 5.32 Å². The lowest BCUT2D eigenvalue weighted by Crippen LogP contribution is -2.36. The van der Waals surface area contributed by atoms with Crippen LogP contribution >= 0.6 is 11.3 Å². The average Bonchev–Trinajstić information content (AvgIpc) is 2.97. The van der Waals surface area contributed by atoms with Crippen molar-refractivity contribution in [2.75, 3.05) is 26.7 Å². The van der Waals surface area contributed by atoms with Crippen LogP contribution in [0.25, 0.3) is 0 Å². The zero-order valence-corrected chi connectivity index (χ0v) is 12.7. The molecule has 2 N–H and O–H groups in total. The molecule has 0 aromatic carbocycles. The summed E-state index contributed by atoms with van der Waals surface area (Å²) >= 11 is 1.42. The Morgan fingerprint density at radius 1 is 1.65 bits per heavy atom. The van der Waals surface area contributed by atoms with Crippen molar-refractivity contribution in [2.45, 2.75) is 25.8 Å². The van der Waals surface area contributed by atoms with Gasteiger partial charge >= 0.3 is 0 Å². The molecule has 1 aliphatic rings. The number of likely N-dealkylation sites (N-methyl/N-ethyl adjacent to an activating group) is 1. The molecule has 1 unspecified atom stereocenters. The van der Waals surface area contributed by atoms with Crippen LogP contribution in [-0.2, 0) is 0 Å². The minimum Gasteiger partial charge on any atom is -0.395 e. The van der Waals surface area contributed by atoms with Crippen molar-refractivity contribution < 1.29 is 9.90 Å². The fourth-order valence-electron chi connectivity index (χ4n) is 2.23. The number of aliphatic hydroxyl groups excluding tert-OH is 1. The van der Waals surface area contributed by atoms with E-state index in [-0.39, 0.29) is 18.6 Å². The average molecular weight is 292 g/mol. The van der Waals surface area contributed by atoms with E-state index in [0.717, 1.165) is 30.0 Å². The summed E-state index contributed by atoms with van der Waals surface area (Å²) in [7, 11) is 2.07. The molecular formula is C15H20N2O2S. The Balaban J connectivity index is 2.00. The molecule has 1 aromatic heterocycles. The number of hydrogen-bond acceptors (Lipinski definition) is 4. The lowest BCUT2D eigenvalue weighted by Gasteiger charge is -2.11. The first-order valence-electron chi connectivity index (χ1n) is 6.79. The van der Waals surface area contributed by atoms with Gasteiger partial charge in [-0.2, -0.15) is 0 Å². The van der Waals surface area contributed by atoms with E-state index in [1.807, 2.05) is 13.0 Å². The summed E-state index contributed by atoms with van der Waals surface area (Å²) in [5.74, 6) is 5.90. The predicted octanol–water partition coefficient (Wildman–Crippen LogP) is 1.22. The second kappa shape index (κ2) is 6.89. The number of nitrogens with one attached hydrogen (secondary N) is 1. The van der Waals surface area contributed by atoms with Gasteiger partial charge in [-0.05, 0) is 38.6 Å². The molecule has 1 fully saturated rings. The topological polar surface area (TPSA) is 52.6 Å². The van der Waals surface area contributed by atoms with Crippen molar-refractivity contribution in [3.8, 4) is 11.8 Å². The minimum atomic E-state index is -0.00592. The SMILES string of the molecule is Cc1cc(C(=O)NC2CCN(C)C2)sc1C#CCCO. The van der Waals surface area contributed by atoms with Gasteiger partial charge in [0.25, 0.3) is 5.91 Å². The number of aryl methyl sites for hydroxylation is 1. The van der Waals surface area contributed by atoms with Crippen LogP contribution in [0.1, 0.15) is 33.0 Å². The second-order valence-corrected chi connectivity index (χ2v) is 6.17. The van der Waals surface area contributed by atoms with Crippen molar-refractivity contribution in [3.05, 3.63) is 21.4 Å². The van der Waals surface area contributed by atoms with Crippen molar-refractivity contribution in [1.29, 1.82) is 0 Å². The van der Waals surface area contributed by atoms with Crippen LogP contribution in [0.4, 0.5) is 0 Å². The van der Waals surface area contributed by atoms with Crippen LogP contribution in [0.5, 0.6) is 0 Å². The van der Waals surface area contributed by atoms with Gasteiger partial charge in [-0.25, -0.2) is 0 Å². The maximum atomic E-state index is 12.2. The predicted molar refractivity (Wildman–Crippen MR) is 81.0 cm³/mol. The van der Waals surface area contributed by atoms with Crippen LogP contribution in [0.3, 0.4) is 0 Å². The third-order valence-corrected chi connectivity index (χ3v) is 4.46. The Hall–Kier alpha value is -1.35. The van der Waals surface area contributed by atoms with Crippen molar-refractivity contribution in [1.82, 2.24) is 10.2 Å². The standard InChI is InChI=1S/C15H20N2O2S/c1-11-9-14(20-13(11)5-3-4-8-18)15(19)16-12-6-7-17(2)10-12/h9,12,18H,4,6-8,10H2,1-2H3,(H,16,19). The van der Waals surface area contributed by atoms with Crippen LogP contribution in [0.2, 0.25) is 0 Å². The summed E-state index contributed by atoms with van der Waals surface area (Å²) in [6, 6.07) is 2.14. The highest BCUT2D eigenvalue weighted by Crippen LogP contribution is 2.21. The summed E-state index contributed by atoms with van der Waals surface area (Å²) < 4.78 is 0. The number of aliphatic hydroxyl groups is 1. The van der Waals surface area contributed by atoms with Gasteiger partial charge in [-0.15, -0.1) is 11.3 Å². The Labute approximate surface area is 123 Å². The van der Waals surface area contributed by atoms with E-state index in [0.29, 0.717) is 11.3 Å². The highest BCUT2D eigenvalue weighted by Gasteiger charge is 2.22. The maximum Gasteiger partial charge on any atom is 0.261 e. The van der Waals surface area contributed by atoms with Gasteiger partial charge < -0.3 is 15.3 Å². The summed E-state index contributed by atoms with van der Waals surface area (Å²) in [4.78, 5) is 16.0. The Kier molecular flexibility index (Phi) is 5.18. The van der Waals surface area contributed by atoms with Crippen LogP contribution in [0, 0.1) is 18.8 Å². The normalized spacial score (nSPS) is 18.6. The maximum absolute atomic E-state index is 12.2. The monoisotopic (exact) mass is 292 g/mol. The zero-order chi connectivity index (χ0) is 14.5. The number of nitrogens with zero attached hydrogens (tertiary/aromatic N) is 1. The molecule has 1 amide bonds. The van der Waals surface area contributed by atoms with E-state index in [9.17, 15) is 4.79 Å². The molecule has 108 valence electrons.